The zero-order chi connectivity index (χ0) is 21.0. The maximum atomic E-state index is 12.2. The van der Waals surface area contributed by atoms with Gasteiger partial charge in [0, 0.05) is 0 Å². The normalized spacial score (nSPS) is 18.4. The van der Waals surface area contributed by atoms with Gasteiger partial charge in [0.1, 0.15) is 11.4 Å². The summed E-state index contributed by atoms with van der Waals surface area (Å²) in [7, 11) is 4.69. The van der Waals surface area contributed by atoms with E-state index < -0.39 is 11.5 Å². The molecule has 1 heterocycles. The van der Waals surface area contributed by atoms with Crippen molar-refractivity contribution in [2.24, 2.45) is 0 Å². The highest BCUT2D eigenvalue weighted by molar-refractivity contribution is 5.74. The minimum atomic E-state index is -0.753. The second-order valence-corrected chi connectivity index (χ2v) is 6.61. The number of ether oxygens (including phenoxy) is 4. The Balaban J connectivity index is 2.19. The summed E-state index contributed by atoms with van der Waals surface area (Å²) in [5.41, 5.74) is 4.24. The quantitative estimate of drug-likeness (QED) is 0.763. The molecule has 0 aromatic heterocycles. The first-order valence-corrected chi connectivity index (χ1v) is 9.25. The van der Waals surface area contributed by atoms with E-state index >= 15 is 0 Å². The number of fused-ring (bicyclic) bond motifs is 2. The average Bonchev–Trinajstić information content (AvgIpc) is 2.79. The number of anilines is 1. The molecule has 156 valence electrons. The standard InChI is InChI=1S/C21H26N2O6/c1-6-28-16-8-7-13-9-15(16)23-29-19(24)12-22-21(13,2)14-10-17(25-3)20(27-5)18(11-14)26-4/h7-11,22-23H,6,12H2,1-5H3. The van der Waals surface area contributed by atoms with E-state index in [1.54, 1.807) is 21.3 Å². The van der Waals surface area contributed by atoms with Gasteiger partial charge >= 0.3 is 5.97 Å². The van der Waals surface area contributed by atoms with Crippen LogP contribution in [0.25, 0.3) is 0 Å². The lowest BCUT2D eigenvalue weighted by Crippen LogP contribution is -2.43. The van der Waals surface area contributed by atoms with Crippen molar-refractivity contribution in [3.8, 4) is 23.0 Å². The summed E-state index contributed by atoms with van der Waals surface area (Å²) in [6, 6.07) is 9.41. The summed E-state index contributed by atoms with van der Waals surface area (Å²) in [5.74, 6) is 1.69. The second kappa shape index (κ2) is 8.48. The molecule has 1 aliphatic heterocycles. The lowest BCUT2D eigenvalue weighted by Gasteiger charge is -2.32. The molecule has 0 aliphatic carbocycles. The van der Waals surface area contributed by atoms with E-state index in [0.717, 1.165) is 11.1 Å². The molecule has 1 unspecified atom stereocenters. The SMILES string of the molecule is CCOc1ccc2cc1NOC(=O)CNC2(C)c1cc(OC)c(OC)c(OC)c1. The van der Waals surface area contributed by atoms with Gasteiger partial charge in [-0.05, 0) is 49.2 Å². The van der Waals surface area contributed by atoms with Crippen LogP contribution in [0.15, 0.2) is 30.3 Å². The van der Waals surface area contributed by atoms with E-state index in [4.69, 9.17) is 23.8 Å². The molecule has 3 rings (SSSR count). The predicted molar refractivity (Wildman–Crippen MR) is 108 cm³/mol. The molecule has 0 saturated carbocycles. The molecule has 0 spiro atoms. The summed E-state index contributed by atoms with van der Waals surface area (Å²) >= 11 is 0. The topological polar surface area (TPSA) is 87.3 Å². The van der Waals surface area contributed by atoms with Gasteiger partial charge in [-0.2, -0.15) is 0 Å². The van der Waals surface area contributed by atoms with Gasteiger partial charge in [0.25, 0.3) is 0 Å². The number of benzene rings is 2. The maximum Gasteiger partial charge on any atom is 0.345 e. The minimum absolute atomic E-state index is 0.0113. The van der Waals surface area contributed by atoms with E-state index in [-0.39, 0.29) is 6.54 Å². The fourth-order valence-electron chi connectivity index (χ4n) is 3.34. The molecule has 1 aliphatic rings. The fraction of sp³-hybridized carbons (Fsp3) is 0.381. The van der Waals surface area contributed by atoms with E-state index in [1.807, 2.05) is 44.2 Å². The smallest absolute Gasteiger partial charge is 0.345 e. The van der Waals surface area contributed by atoms with Crippen molar-refractivity contribution in [2.75, 3.05) is 40.0 Å². The maximum absolute atomic E-state index is 12.2. The van der Waals surface area contributed by atoms with Crippen LogP contribution < -0.4 is 29.7 Å². The summed E-state index contributed by atoms with van der Waals surface area (Å²) in [6.07, 6.45) is 0. The molecule has 0 saturated heterocycles. The Morgan fingerprint density at radius 2 is 1.69 bits per heavy atom. The van der Waals surface area contributed by atoms with Crippen LogP contribution in [-0.4, -0.2) is 40.5 Å². The highest BCUT2D eigenvalue weighted by atomic mass is 16.7. The molecular weight excluding hydrogens is 376 g/mol. The van der Waals surface area contributed by atoms with Crippen molar-refractivity contribution < 1.29 is 28.6 Å². The summed E-state index contributed by atoms with van der Waals surface area (Å²) < 4.78 is 22.1. The van der Waals surface area contributed by atoms with Gasteiger partial charge in [-0.1, -0.05) is 6.07 Å². The monoisotopic (exact) mass is 402 g/mol. The number of methoxy groups -OCH3 is 3. The van der Waals surface area contributed by atoms with Gasteiger partial charge in [-0.15, -0.1) is 0 Å². The highest BCUT2D eigenvalue weighted by Crippen LogP contribution is 2.43. The van der Waals surface area contributed by atoms with Crippen LogP contribution >= 0.6 is 0 Å². The second-order valence-electron chi connectivity index (χ2n) is 6.61. The van der Waals surface area contributed by atoms with Crippen molar-refractivity contribution >= 4 is 11.7 Å². The van der Waals surface area contributed by atoms with E-state index in [0.29, 0.717) is 35.3 Å². The molecule has 8 nitrogen and oxygen atoms in total. The number of nitrogens with one attached hydrogen (secondary N) is 2. The van der Waals surface area contributed by atoms with Gasteiger partial charge in [0.15, 0.2) is 11.5 Å². The van der Waals surface area contributed by atoms with E-state index in [1.165, 1.54) is 0 Å². The van der Waals surface area contributed by atoms with Gasteiger partial charge in [-0.3, -0.25) is 5.32 Å². The number of carbonyl (C=O) groups is 1. The lowest BCUT2D eigenvalue weighted by molar-refractivity contribution is -0.139. The van der Waals surface area contributed by atoms with Gasteiger partial charge in [-0.25, -0.2) is 10.3 Å². The number of hydrogen-bond donors (Lipinski definition) is 2. The third-order valence-electron chi connectivity index (χ3n) is 4.96. The summed E-state index contributed by atoms with van der Waals surface area (Å²) in [4.78, 5) is 17.3. The Hall–Kier alpha value is -3.13. The molecule has 2 bridgehead atoms. The van der Waals surface area contributed by atoms with Gasteiger partial charge in [0.05, 0.1) is 40.0 Å². The van der Waals surface area contributed by atoms with Crippen LogP contribution in [0.4, 0.5) is 5.69 Å². The number of carbonyl (C=O) groups excluding carboxylic acids is 1. The van der Waals surface area contributed by atoms with E-state index in [9.17, 15) is 4.79 Å². The molecule has 2 aromatic rings. The number of rotatable bonds is 6. The molecular formula is C21H26N2O6. The van der Waals surface area contributed by atoms with Gasteiger partial charge < -0.3 is 23.8 Å². The average molecular weight is 402 g/mol. The van der Waals surface area contributed by atoms with E-state index in [2.05, 4.69) is 10.8 Å². The first-order valence-electron chi connectivity index (χ1n) is 9.25. The molecule has 2 aromatic carbocycles. The molecule has 0 amide bonds. The van der Waals surface area contributed by atoms with Gasteiger partial charge in [0.2, 0.25) is 5.75 Å². The summed E-state index contributed by atoms with van der Waals surface area (Å²) in [5, 5.41) is 3.30. The Morgan fingerprint density at radius 3 is 2.28 bits per heavy atom. The molecule has 29 heavy (non-hydrogen) atoms. The first-order chi connectivity index (χ1) is 14.0. The third-order valence-corrected chi connectivity index (χ3v) is 4.96. The van der Waals surface area contributed by atoms with Crippen molar-refractivity contribution in [3.63, 3.8) is 0 Å². The summed E-state index contributed by atoms with van der Waals surface area (Å²) in [6.45, 7) is 4.35. The Bertz CT molecular complexity index is 876. The van der Waals surface area contributed by atoms with Crippen LogP contribution in [0, 0.1) is 0 Å². The highest BCUT2D eigenvalue weighted by Gasteiger charge is 2.33. The van der Waals surface area contributed by atoms with Crippen LogP contribution in [0.1, 0.15) is 25.0 Å². The minimum Gasteiger partial charge on any atom is -0.493 e. The largest absolute Gasteiger partial charge is 0.493 e. The predicted octanol–water partition coefficient (Wildman–Crippen LogP) is 2.85. The molecule has 1 atom stereocenters. The van der Waals surface area contributed by atoms with Crippen LogP contribution in [0.2, 0.25) is 0 Å². The van der Waals surface area contributed by atoms with Crippen LogP contribution in [-0.2, 0) is 15.2 Å². The first kappa shape index (κ1) is 20.6. The molecule has 0 radical (unpaired) electrons. The van der Waals surface area contributed by atoms with Crippen LogP contribution in [0.3, 0.4) is 0 Å². The Kier molecular flexibility index (Phi) is 6.03. The molecule has 2 N–H and O–H groups in total. The Morgan fingerprint density at radius 1 is 1.00 bits per heavy atom. The fourth-order valence-corrected chi connectivity index (χ4v) is 3.34. The van der Waals surface area contributed by atoms with Crippen LogP contribution in [0.5, 0.6) is 23.0 Å². The third kappa shape index (κ3) is 3.88. The Labute approximate surface area is 170 Å². The lowest BCUT2D eigenvalue weighted by atomic mass is 9.83. The number of hydrogen-bond acceptors (Lipinski definition) is 8. The van der Waals surface area contributed by atoms with Crippen molar-refractivity contribution in [3.05, 3.63) is 41.5 Å². The molecule has 0 fully saturated rings. The van der Waals surface area contributed by atoms with Crippen molar-refractivity contribution in [1.29, 1.82) is 0 Å². The molecule has 8 heteroatoms. The van der Waals surface area contributed by atoms with Crippen molar-refractivity contribution in [1.82, 2.24) is 5.32 Å². The zero-order valence-electron chi connectivity index (χ0n) is 17.3. The zero-order valence-corrected chi connectivity index (χ0v) is 17.3. The van der Waals surface area contributed by atoms with Crippen molar-refractivity contribution in [2.45, 2.75) is 19.4 Å².